The summed E-state index contributed by atoms with van der Waals surface area (Å²) in [5.41, 5.74) is 8.37. The molecule has 0 aliphatic heterocycles. The Hall–Kier alpha value is -4.44. The van der Waals surface area contributed by atoms with E-state index in [1.165, 1.54) is 56.3 Å². The molecule has 0 atom stereocenters. The quantitative estimate of drug-likeness (QED) is 0.0485. The van der Waals surface area contributed by atoms with Gasteiger partial charge in [-0.05, 0) is 108 Å². The number of esters is 2. The lowest BCUT2D eigenvalue weighted by Gasteiger charge is -2.12. The first-order chi connectivity index (χ1) is 23.6. The van der Waals surface area contributed by atoms with Crippen molar-refractivity contribution in [3.8, 4) is 0 Å². The number of hydrogen-bond acceptors (Lipinski definition) is 4. The van der Waals surface area contributed by atoms with E-state index in [0.717, 1.165) is 89.9 Å². The molecule has 4 nitrogen and oxygen atoms in total. The van der Waals surface area contributed by atoms with Gasteiger partial charge in [0.25, 0.3) is 0 Å². The Balaban J connectivity index is 1.19. The van der Waals surface area contributed by atoms with Crippen LogP contribution in [-0.2, 0) is 57.6 Å². The van der Waals surface area contributed by atoms with E-state index >= 15 is 0 Å². The fourth-order valence-corrected chi connectivity index (χ4v) is 6.20. The minimum absolute atomic E-state index is 0.336. The van der Waals surface area contributed by atoms with Gasteiger partial charge in [-0.2, -0.15) is 0 Å². The Kier molecular flexibility index (Phi) is 15.7. The van der Waals surface area contributed by atoms with Gasteiger partial charge in [0.15, 0.2) is 0 Å². The van der Waals surface area contributed by atoms with Crippen LogP contribution in [0.5, 0.6) is 0 Å². The van der Waals surface area contributed by atoms with Gasteiger partial charge in [-0.15, -0.1) is 0 Å². The van der Waals surface area contributed by atoms with E-state index in [0.29, 0.717) is 13.2 Å². The number of unbranched alkanes of at least 4 members (excludes halogenated alkanes) is 6. The molecule has 0 unspecified atom stereocenters. The third-order valence-corrected chi connectivity index (χ3v) is 9.06. The summed E-state index contributed by atoms with van der Waals surface area (Å²) in [7, 11) is 0. The molecule has 4 aromatic rings. The monoisotopic (exact) mass is 644 g/mol. The van der Waals surface area contributed by atoms with Gasteiger partial charge in [0.05, 0.1) is 13.2 Å². The first-order valence-electron chi connectivity index (χ1n) is 17.8. The highest BCUT2D eigenvalue weighted by atomic mass is 16.5. The fourth-order valence-electron chi connectivity index (χ4n) is 6.20. The van der Waals surface area contributed by atoms with E-state index < -0.39 is 0 Å². The van der Waals surface area contributed by atoms with Crippen molar-refractivity contribution in [3.63, 3.8) is 0 Å². The normalized spacial score (nSPS) is 10.9. The number of ether oxygens (including phenoxy) is 2. The lowest BCUT2D eigenvalue weighted by atomic mass is 9.92. The second-order valence-electron chi connectivity index (χ2n) is 12.6. The summed E-state index contributed by atoms with van der Waals surface area (Å²) in [5.74, 6) is -0.672. The van der Waals surface area contributed by atoms with Crippen molar-refractivity contribution in [2.24, 2.45) is 0 Å². The van der Waals surface area contributed by atoms with Crippen LogP contribution in [0.2, 0.25) is 0 Å². The van der Waals surface area contributed by atoms with E-state index in [2.05, 4.69) is 98.1 Å². The molecule has 4 rings (SSSR count). The molecule has 252 valence electrons. The standard InChI is InChI=1S/C44H52O4/c1-3-43(45)47-33-13-7-5-9-15-35-19-23-37(24-20-35)27-29-39-31-32-40(42-18-12-11-17-41(39)42)30-28-38-25-21-36(22-26-38)16-10-6-8-14-34-48-44(46)4-2/h3-4,11-12,17-26,31-32H,1-2,5-10,13-16,27-30,33-34H2. The first-order valence-corrected chi connectivity index (χ1v) is 17.8. The average Bonchev–Trinajstić information content (AvgIpc) is 3.13. The van der Waals surface area contributed by atoms with Crippen LogP contribution in [-0.4, -0.2) is 25.2 Å². The van der Waals surface area contributed by atoms with Gasteiger partial charge in [0.1, 0.15) is 0 Å². The molecular weight excluding hydrogens is 592 g/mol. The lowest BCUT2D eigenvalue weighted by Crippen LogP contribution is -2.01. The second-order valence-corrected chi connectivity index (χ2v) is 12.6. The molecule has 0 N–H and O–H groups in total. The van der Waals surface area contributed by atoms with Gasteiger partial charge in [-0.3, -0.25) is 0 Å². The molecule has 0 aromatic heterocycles. The Morgan fingerprint density at radius 2 is 0.792 bits per heavy atom. The van der Waals surface area contributed by atoms with Gasteiger partial charge in [-0.25, -0.2) is 9.59 Å². The van der Waals surface area contributed by atoms with Crippen molar-refractivity contribution in [3.05, 3.63) is 144 Å². The van der Waals surface area contributed by atoms with Crippen LogP contribution in [0.4, 0.5) is 0 Å². The smallest absolute Gasteiger partial charge is 0.330 e. The summed E-state index contributed by atoms with van der Waals surface area (Å²) in [4.78, 5) is 22.2. The van der Waals surface area contributed by atoms with Crippen molar-refractivity contribution < 1.29 is 19.1 Å². The molecule has 48 heavy (non-hydrogen) atoms. The molecule has 0 saturated carbocycles. The molecule has 0 bridgehead atoms. The van der Waals surface area contributed by atoms with Gasteiger partial charge in [-0.1, -0.05) is 124 Å². The average molecular weight is 645 g/mol. The zero-order valence-corrected chi connectivity index (χ0v) is 28.6. The van der Waals surface area contributed by atoms with Gasteiger partial charge >= 0.3 is 11.9 Å². The van der Waals surface area contributed by atoms with Crippen molar-refractivity contribution in [1.82, 2.24) is 0 Å². The molecule has 0 spiro atoms. The van der Waals surface area contributed by atoms with Crippen molar-refractivity contribution in [1.29, 1.82) is 0 Å². The zero-order chi connectivity index (χ0) is 33.8. The molecule has 0 aliphatic carbocycles. The van der Waals surface area contributed by atoms with E-state index in [4.69, 9.17) is 9.47 Å². The minimum atomic E-state index is -0.336. The van der Waals surface area contributed by atoms with Gasteiger partial charge < -0.3 is 9.47 Å². The number of carbonyl (C=O) groups is 2. The summed E-state index contributed by atoms with van der Waals surface area (Å²) in [6, 6.07) is 31.9. The molecule has 4 heteroatoms. The van der Waals surface area contributed by atoms with Crippen molar-refractivity contribution in [2.45, 2.75) is 89.9 Å². The van der Waals surface area contributed by atoms with Crippen molar-refractivity contribution >= 4 is 22.7 Å². The van der Waals surface area contributed by atoms with E-state index in [-0.39, 0.29) is 11.9 Å². The lowest BCUT2D eigenvalue weighted by molar-refractivity contribution is -0.138. The van der Waals surface area contributed by atoms with Crippen LogP contribution in [0.1, 0.15) is 84.7 Å². The zero-order valence-electron chi connectivity index (χ0n) is 28.6. The predicted octanol–water partition coefficient (Wildman–Crippen LogP) is 10.1. The largest absolute Gasteiger partial charge is 0.463 e. The van der Waals surface area contributed by atoms with E-state index in [1.807, 2.05) is 0 Å². The summed E-state index contributed by atoms with van der Waals surface area (Å²) < 4.78 is 10.1. The molecule has 0 amide bonds. The molecule has 4 aromatic carbocycles. The fraction of sp³-hybridized carbons (Fsp3) is 0.364. The highest BCUT2D eigenvalue weighted by Gasteiger charge is 2.08. The minimum Gasteiger partial charge on any atom is -0.463 e. The van der Waals surface area contributed by atoms with Crippen LogP contribution < -0.4 is 0 Å². The Morgan fingerprint density at radius 3 is 1.17 bits per heavy atom. The summed E-state index contributed by atoms with van der Waals surface area (Å²) in [5, 5.41) is 2.75. The number of benzene rings is 4. The number of carbonyl (C=O) groups excluding carboxylic acids is 2. The SMILES string of the molecule is C=CC(=O)OCCCCCCc1ccc(CCc2ccc(CCc3ccc(CCCCCCOC(=O)C=C)cc3)c3ccccc23)cc1. The maximum absolute atomic E-state index is 11.1. The van der Waals surface area contributed by atoms with Crippen LogP contribution in [0.25, 0.3) is 10.8 Å². The molecule has 0 radical (unpaired) electrons. The van der Waals surface area contributed by atoms with Crippen LogP contribution in [0.3, 0.4) is 0 Å². The predicted molar refractivity (Wildman–Crippen MR) is 198 cm³/mol. The number of rotatable bonds is 22. The molecule has 0 aliphatic rings. The van der Waals surface area contributed by atoms with E-state index in [1.54, 1.807) is 0 Å². The highest BCUT2D eigenvalue weighted by molar-refractivity contribution is 5.88. The number of aryl methyl sites for hydroxylation is 6. The topological polar surface area (TPSA) is 52.6 Å². The Bertz CT molecular complexity index is 1460. The maximum atomic E-state index is 11.1. The van der Waals surface area contributed by atoms with Crippen molar-refractivity contribution in [2.75, 3.05) is 13.2 Å². The second kappa shape index (κ2) is 20.7. The van der Waals surface area contributed by atoms with Gasteiger partial charge in [0, 0.05) is 12.2 Å². The summed E-state index contributed by atoms with van der Waals surface area (Å²) in [6.07, 6.45) is 17.3. The molecule has 0 saturated heterocycles. The third-order valence-electron chi connectivity index (χ3n) is 9.06. The Morgan fingerprint density at radius 1 is 0.438 bits per heavy atom. The summed E-state index contributed by atoms with van der Waals surface area (Å²) >= 11 is 0. The highest BCUT2D eigenvalue weighted by Crippen LogP contribution is 2.26. The van der Waals surface area contributed by atoms with Crippen LogP contribution in [0.15, 0.2) is 110 Å². The number of hydrogen-bond donors (Lipinski definition) is 0. The Labute approximate surface area is 287 Å². The molecular formula is C44H52O4. The maximum Gasteiger partial charge on any atom is 0.330 e. The third kappa shape index (κ3) is 12.6. The first kappa shape index (κ1) is 36.4. The molecule has 0 heterocycles. The van der Waals surface area contributed by atoms with E-state index in [9.17, 15) is 9.59 Å². The van der Waals surface area contributed by atoms with Gasteiger partial charge in [0.2, 0.25) is 0 Å². The van der Waals surface area contributed by atoms with Crippen LogP contribution in [0, 0.1) is 0 Å². The summed E-state index contributed by atoms with van der Waals surface area (Å²) in [6.45, 7) is 7.80. The van der Waals surface area contributed by atoms with Crippen LogP contribution >= 0.6 is 0 Å². The molecule has 0 fully saturated rings. The number of fused-ring (bicyclic) bond motifs is 1.